The van der Waals surface area contributed by atoms with Crippen molar-refractivity contribution in [2.75, 3.05) is 31.7 Å². The maximum absolute atomic E-state index is 8.92. The Labute approximate surface area is 90.1 Å². The van der Waals surface area contributed by atoms with Gasteiger partial charge >= 0.3 is 0 Å². The maximum Gasteiger partial charge on any atom is 0.163 e. The molecule has 0 aliphatic heterocycles. The second kappa shape index (κ2) is 5.99. The van der Waals surface area contributed by atoms with Crippen LogP contribution in [0.15, 0.2) is 18.3 Å². The van der Waals surface area contributed by atoms with E-state index >= 15 is 0 Å². The number of ether oxygens (including phenoxy) is 1. The molecule has 0 saturated carbocycles. The third kappa shape index (κ3) is 2.93. The quantitative estimate of drug-likeness (QED) is 0.729. The molecular weight excluding hydrogens is 190 g/mol. The molecule has 80 valence electrons. The van der Waals surface area contributed by atoms with E-state index < -0.39 is 0 Å². The summed E-state index contributed by atoms with van der Waals surface area (Å²) in [5, 5.41) is 8.92. The largest absolute Gasteiger partial charge is 0.383 e. The Morgan fingerprint density at radius 1 is 1.60 bits per heavy atom. The zero-order valence-electron chi connectivity index (χ0n) is 9.10. The predicted octanol–water partition coefficient (Wildman–Crippen LogP) is 1.43. The van der Waals surface area contributed by atoms with Crippen LogP contribution in [0, 0.1) is 11.3 Å². The molecule has 0 aromatic carbocycles. The lowest BCUT2D eigenvalue weighted by molar-refractivity contribution is 0.205. The van der Waals surface area contributed by atoms with Gasteiger partial charge in [0.15, 0.2) is 5.69 Å². The van der Waals surface area contributed by atoms with Gasteiger partial charge in [0.1, 0.15) is 6.07 Å². The monoisotopic (exact) mass is 205 g/mol. The number of pyridine rings is 1. The van der Waals surface area contributed by atoms with Gasteiger partial charge < -0.3 is 9.64 Å². The van der Waals surface area contributed by atoms with Crippen LogP contribution in [0.2, 0.25) is 0 Å². The molecule has 4 nitrogen and oxygen atoms in total. The maximum atomic E-state index is 8.92. The molecular formula is C11H15N3O. The number of aromatic nitrogens is 1. The predicted molar refractivity (Wildman–Crippen MR) is 58.7 cm³/mol. The van der Waals surface area contributed by atoms with Gasteiger partial charge in [-0.3, -0.25) is 0 Å². The van der Waals surface area contributed by atoms with Crippen molar-refractivity contribution in [3.63, 3.8) is 0 Å². The first kappa shape index (κ1) is 11.5. The Morgan fingerprint density at radius 2 is 2.40 bits per heavy atom. The van der Waals surface area contributed by atoms with E-state index in [1.807, 2.05) is 19.1 Å². The van der Waals surface area contributed by atoms with Gasteiger partial charge in [-0.1, -0.05) is 0 Å². The first-order chi connectivity index (χ1) is 7.33. The Bertz CT molecular complexity index is 346. The molecule has 4 heteroatoms. The molecule has 0 aliphatic rings. The highest BCUT2D eigenvalue weighted by molar-refractivity contribution is 5.55. The number of hydrogen-bond donors (Lipinski definition) is 0. The van der Waals surface area contributed by atoms with Gasteiger partial charge in [-0.05, 0) is 19.1 Å². The second-order valence-electron chi connectivity index (χ2n) is 3.06. The number of anilines is 1. The summed E-state index contributed by atoms with van der Waals surface area (Å²) in [5.74, 6) is 0. The van der Waals surface area contributed by atoms with E-state index in [2.05, 4.69) is 16.0 Å². The lowest BCUT2D eigenvalue weighted by Gasteiger charge is -2.22. The van der Waals surface area contributed by atoms with Crippen molar-refractivity contribution in [3.8, 4) is 6.07 Å². The fourth-order valence-corrected chi connectivity index (χ4v) is 1.39. The van der Waals surface area contributed by atoms with Crippen LogP contribution in [-0.2, 0) is 4.74 Å². The van der Waals surface area contributed by atoms with Crippen molar-refractivity contribution < 1.29 is 4.74 Å². The van der Waals surface area contributed by atoms with Crippen LogP contribution < -0.4 is 4.90 Å². The highest BCUT2D eigenvalue weighted by atomic mass is 16.5. The summed E-state index contributed by atoms with van der Waals surface area (Å²) in [5.41, 5.74) is 1.34. The van der Waals surface area contributed by atoms with Crippen LogP contribution in [-0.4, -0.2) is 31.8 Å². The van der Waals surface area contributed by atoms with Crippen molar-refractivity contribution in [2.45, 2.75) is 6.92 Å². The highest BCUT2D eigenvalue weighted by Gasteiger charge is 2.09. The average molecular weight is 205 g/mol. The summed E-state index contributed by atoms with van der Waals surface area (Å²) in [6.07, 6.45) is 1.63. The van der Waals surface area contributed by atoms with E-state index in [1.165, 1.54) is 0 Å². The van der Waals surface area contributed by atoms with Crippen molar-refractivity contribution in [3.05, 3.63) is 24.0 Å². The van der Waals surface area contributed by atoms with E-state index in [-0.39, 0.29) is 0 Å². The molecule has 0 unspecified atom stereocenters. The van der Waals surface area contributed by atoms with E-state index in [0.717, 1.165) is 18.8 Å². The SMILES string of the molecule is CCN(CCOC)c1cccnc1C#N. The number of nitrogens with zero attached hydrogens (tertiary/aromatic N) is 3. The first-order valence-electron chi connectivity index (χ1n) is 4.92. The van der Waals surface area contributed by atoms with Crippen LogP contribution in [0.3, 0.4) is 0 Å². The summed E-state index contributed by atoms with van der Waals surface area (Å²) in [7, 11) is 1.67. The minimum Gasteiger partial charge on any atom is -0.383 e. The molecule has 0 saturated heterocycles. The summed E-state index contributed by atoms with van der Waals surface area (Å²) in [4.78, 5) is 6.11. The highest BCUT2D eigenvalue weighted by Crippen LogP contribution is 2.16. The summed E-state index contributed by atoms with van der Waals surface area (Å²) < 4.78 is 5.02. The molecule has 0 atom stereocenters. The first-order valence-corrected chi connectivity index (χ1v) is 4.92. The smallest absolute Gasteiger partial charge is 0.163 e. The Morgan fingerprint density at radius 3 is 3.00 bits per heavy atom. The molecule has 0 amide bonds. The third-order valence-corrected chi connectivity index (χ3v) is 2.18. The van der Waals surface area contributed by atoms with Gasteiger partial charge in [0, 0.05) is 26.4 Å². The van der Waals surface area contributed by atoms with E-state index in [4.69, 9.17) is 10.00 Å². The number of nitriles is 1. The summed E-state index contributed by atoms with van der Waals surface area (Å²) in [6, 6.07) is 5.84. The van der Waals surface area contributed by atoms with Crippen LogP contribution in [0.5, 0.6) is 0 Å². The number of hydrogen-bond acceptors (Lipinski definition) is 4. The van der Waals surface area contributed by atoms with Crippen molar-refractivity contribution >= 4 is 5.69 Å². The standard InChI is InChI=1S/C11H15N3O/c1-3-14(7-8-15-2)11-5-4-6-13-10(11)9-12/h4-6H,3,7-8H2,1-2H3. The van der Waals surface area contributed by atoms with E-state index in [1.54, 1.807) is 13.3 Å². The van der Waals surface area contributed by atoms with Crippen LogP contribution in [0.25, 0.3) is 0 Å². The third-order valence-electron chi connectivity index (χ3n) is 2.18. The van der Waals surface area contributed by atoms with Crippen molar-refractivity contribution in [2.24, 2.45) is 0 Å². The van der Waals surface area contributed by atoms with Gasteiger partial charge in [-0.2, -0.15) is 5.26 Å². The lowest BCUT2D eigenvalue weighted by atomic mass is 10.2. The van der Waals surface area contributed by atoms with E-state index in [0.29, 0.717) is 12.3 Å². The van der Waals surface area contributed by atoms with Crippen LogP contribution >= 0.6 is 0 Å². The van der Waals surface area contributed by atoms with Crippen molar-refractivity contribution in [1.82, 2.24) is 4.98 Å². The fourth-order valence-electron chi connectivity index (χ4n) is 1.39. The number of methoxy groups -OCH3 is 1. The van der Waals surface area contributed by atoms with Crippen LogP contribution in [0.4, 0.5) is 5.69 Å². The zero-order valence-corrected chi connectivity index (χ0v) is 9.10. The Balaban J connectivity index is 2.86. The normalized spacial score (nSPS) is 9.67. The molecule has 0 bridgehead atoms. The fraction of sp³-hybridized carbons (Fsp3) is 0.455. The molecule has 1 rings (SSSR count). The van der Waals surface area contributed by atoms with Gasteiger partial charge in [-0.25, -0.2) is 4.98 Å². The molecule has 1 aromatic rings. The van der Waals surface area contributed by atoms with Gasteiger partial charge in [0.05, 0.1) is 12.3 Å². The lowest BCUT2D eigenvalue weighted by Crippen LogP contribution is -2.27. The molecule has 0 spiro atoms. The van der Waals surface area contributed by atoms with Gasteiger partial charge in [-0.15, -0.1) is 0 Å². The molecule has 15 heavy (non-hydrogen) atoms. The topological polar surface area (TPSA) is 49.1 Å². The molecule has 0 radical (unpaired) electrons. The molecule has 1 heterocycles. The Hall–Kier alpha value is -1.60. The summed E-state index contributed by atoms with van der Waals surface area (Å²) >= 11 is 0. The molecule has 0 fully saturated rings. The average Bonchev–Trinajstić information content (AvgIpc) is 2.30. The van der Waals surface area contributed by atoms with Crippen LogP contribution in [0.1, 0.15) is 12.6 Å². The molecule has 0 N–H and O–H groups in total. The molecule has 0 aliphatic carbocycles. The molecule has 1 aromatic heterocycles. The zero-order chi connectivity index (χ0) is 11.1. The van der Waals surface area contributed by atoms with Crippen molar-refractivity contribution in [1.29, 1.82) is 5.26 Å². The van der Waals surface area contributed by atoms with Gasteiger partial charge in [0.2, 0.25) is 0 Å². The Kier molecular flexibility index (Phi) is 4.58. The van der Waals surface area contributed by atoms with E-state index in [9.17, 15) is 0 Å². The van der Waals surface area contributed by atoms with Gasteiger partial charge in [0.25, 0.3) is 0 Å². The number of likely N-dealkylation sites (N-methyl/N-ethyl adjacent to an activating group) is 1. The minimum atomic E-state index is 0.468. The summed E-state index contributed by atoms with van der Waals surface area (Å²) in [6.45, 7) is 4.30. The number of rotatable bonds is 5. The second-order valence-corrected chi connectivity index (χ2v) is 3.06. The minimum absolute atomic E-state index is 0.468.